The van der Waals surface area contributed by atoms with Crippen molar-refractivity contribution in [1.29, 1.82) is 0 Å². The Balaban J connectivity index is 2.23. The number of hydrogen-bond donors (Lipinski definition) is 0. The van der Waals surface area contributed by atoms with E-state index in [9.17, 15) is 17.6 Å². The summed E-state index contributed by atoms with van der Waals surface area (Å²) in [6, 6.07) is 0.845. The van der Waals surface area contributed by atoms with Crippen molar-refractivity contribution in [2.75, 3.05) is 18.0 Å². The third-order valence-corrected chi connectivity index (χ3v) is 2.40. The molecule has 0 radical (unpaired) electrons. The molecule has 1 aromatic heterocycles. The Hall–Kier alpha value is -1.40. The lowest BCUT2D eigenvalue weighted by Gasteiger charge is -2.16. The van der Waals surface area contributed by atoms with E-state index in [4.69, 9.17) is 0 Å². The fourth-order valence-electron chi connectivity index (χ4n) is 1.60. The Morgan fingerprint density at radius 1 is 1.31 bits per heavy atom. The minimum Gasteiger partial charge on any atom is -0.353 e. The molecule has 0 aromatic carbocycles. The lowest BCUT2D eigenvalue weighted by molar-refractivity contribution is -0.141. The molecule has 2 heterocycles. The number of hydrogen-bond acceptors (Lipinski definition) is 3. The molecule has 0 bridgehead atoms. The molecule has 16 heavy (non-hydrogen) atoms. The average molecular weight is 235 g/mol. The first-order valence-corrected chi connectivity index (χ1v) is 4.75. The van der Waals surface area contributed by atoms with Gasteiger partial charge in [0.2, 0.25) is 0 Å². The van der Waals surface area contributed by atoms with Crippen LogP contribution in [0.25, 0.3) is 0 Å². The molecule has 1 unspecified atom stereocenters. The summed E-state index contributed by atoms with van der Waals surface area (Å²) in [6.45, 7) is 0.476. The summed E-state index contributed by atoms with van der Waals surface area (Å²) in [7, 11) is 0. The molecular formula is C9H9F4N3. The van der Waals surface area contributed by atoms with Crippen LogP contribution in [0.5, 0.6) is 0 Å². The second-order valence-electron chi connectivity index (χ2n) is 3.59. The van der Waals surface area contributed by atoms with Crippen LogP contribution in [-0.4, -0.2) is 29.2 Å². The van der Waals surface area contributed by atoms with Crippen LogP contribution in [0, 0.1) is 0 Å². The number of alkyl halides is 4. The molecule has 1 saturated heterocycles. The smallest absolute Gasteiger partial charge is 0.353 e. The van der Waals surface area contributed by atoms with Gasteiger partial charge in [0.05, 0.1) is 6.54 Å². The zero-order valence-corrected chi connectivity index (χ0v) is 8.21. The van der Waals surface area contributed by atoms with E-state index in [1.54, 1.807) is 0 Å². The molecule has 2 rings (SSSR count). The van der Waals surface area contributed by atoms with Crippen molar-refractivity contribution in [3.8, 4) is 0 Å². The molecule has 0 N–H and O–H groups in total. The number of rotatable bonds is 1. The first-order valence-electron chi connectivity index (χ1n) is 4.75. The quantitative estimate of drug-likeness (QED) is 0.697. The van der Waals surface area contributed by atoms with Gasteiger partial charge in [0.1, 0.15) is 24.0 Å². The van der Waals surface area contributed by atoms with E-state index < -0.39 is 18.0 Å². The van der Waals surface area contributed by atoms with Gasteiger partial charge in [-0.1, -0.05) is 0 Å². The van der Waals surface area contributed by atoms with Gasteiger partial charge < -0.3 is 4.90 Å². The first kappa shape index (κ1) is 11.1. The highest BCUT2D eigenvalue weighted by atomic mass is 19.4. The van der Waals surface area contributed by atoms with E-state index in [0.717, 1.165) is 12.4 Å². The number of nitrogens with zero attached hydrogens (tertiary/aromatic N) is 3. The Kier molecular flexibility index (Phi) is 2.69. The summed E-state index contributed by atoms with van der Waals surface area (Å²) >= 11 is 0. The predicted molar refractivity (Wildman–Crippen MR) is 48.8 cm³/mol. The lowest BCUT2D eigenvalue weighted by atomic mass is 10.3. The van der Waals surface area contributed by atoms with Crippen LogP contribution in [0.2, 0.25) is 0 Å². The fraction of sp³-hybridized carbons (Fsp3) is 0.556. The van der Waals surface area contributed by atoms with Crippen molar-refractivity contribution in [2.24, 2.45) is 0 Å². The first-order chi connectivity index (χ1) is 7.47. The number of halogens is 4. The average Bonchev–Trinajstić information content (AvgIpc) is 2.64. The zero-order chi connectivity index (χ0) is 11.8. The minimum absolute atomic E-state index is 0.0916. The molecule has 1 aromatic rings. The molecule has 0 amide bonds. The van der Waals surface area contributed by atoms with Gasteiger partial charge >= 0.3 is 6.18 Å². The zero-order valence-electron chi connectivity index (χ0n) is 8.21. The molecule has 1 aliphatic rings. The SMILES string of the molecule is FC1CCN(c2cc(C(F)(F)F)ncn2)C1. The standard InChI is InChI=1S/C9H9F4N3/c10-6-1-2-16(4-6)8-3-7(9(11,12)13)14-5-15-8/h3,5-6H,1-2,4H2. The second-order valence-corrected chi connectivity index (χ2v) is 3.59. The summed E-state index contributed by atoms with van der Waals surface area (Å²) in [5, 5.41) is 0. The summed E-state index contributed by atoms with van der Waals surface area (Å²) in [6.07, 6.45) is -4.31. The third kappa shape index (κ3) is 2.23. The van der Waals surface area contributed by atoms with Crippen molar-refractivity contribution in [3.05, 3.63) is 18.1 Å². The van der Waals surface area contributed by atoms with Gasteiger partial charge in [-0.15, -0.1) is 0 Å². The Morgan fingerprint density at radius 3 is 2.62 bits per heavy atom. The van der Waals surface area contributed by atoms with Gasteiger partial charge in [-0.25, -0.2) is 14.4 Å². The molecule has 1 atom stereocenters. The van der Waals surface area contributed by atoms with Gasteiger partial charge in [0.15, 0.2) is 0 Å². The van der Waals surface area contributed by atoms with Crippen molar-refractivity contribution >= 4 is 5.82 Å². The predicted octanol–water partition coefficient (Wildman–Crippen LogP) is 2.04. The topological polar surface area (TPSA) is 29.0 Å². The summed E-state index contributed by atoms with van der Waals surface area (Å²) in [4.78, 5) is 8.35. The highest BCUT2D eigenvalue weighted by Gasteiger charge is 2.34. The van der Waals surface area contributed by atoms with E-state index in [1.165, 1.54) is 4.90 Å². The van der Waals surface area contributed by atoms with Gasteiger partial charge in [-0.3, -0.25) is 0 Å². The monoisotopic (exact) mass is 235 g/mol. The third-order valence-electron chi connectivity index (χ3n) is 2.40. The van der Waals surface area contributed by atoms with E-state index in [0.29, 0.717) is 13.0 Å². The second kappa shape index (κ2) is 3.88. The molecule has 3 nitrogen and oxygen atoms in total. The number of anilines is 1. The van der Waals surface area contributed by atoms with Crippen molar-refractivity contribution in [2.45, 2.75) is 18.8 Å². The largest absolute Gasteiger partial charge is 0.433 e. The molecule has 0 aliphatic carbocycles. The highest BCUT2D eigenvalue weighted by Crippen LogP contribution is 2.29. The van der Waals surface area contributed by atoms with Crippen LogP contribution >= 0.6 is 0 Å². The lowest BCUT2D eigenvalue weighted by Crippen LogP contribution is -2.22. The van der Waals surface area contributed by atoms with Crippen molar-refractivity contribution < 1.29 is 17.6 Å². The normalized spacial score (nSPS) is 21.5. The van der Waals surface area contributed by atoms with Gasteiger partial charge in [-0.05, 0) is 6.42 Å². The van der Waals surface area contributed by atoms with Crippen molar-refractivity contribution in [1.82, 2.24) is 9.97 Å². The van der Waals surface area contributed by atoms with E-state index in [-0.39, 0.29) is 12.4 Å². The molecule has 0 saturated carbocycles. The maximum atomic E-state index is 12.9. The molecule has 7 heteroatoms. The number of aromatic nitrogens is 2. The van der Waals surface area contributed by atoms with Gasteiger partial charge in [-0.2, -0.15) is 13.2 Å². The molecule has 88 valence electrons. The highest BCUT2D eigenvalue weighted by molar-refractivity contribution is 5.40. The van der Waals surface area contributed by atoms with Crippen LogP contribution in [0.1, 0.15) is 12.1 Å². The summed E-state index contributed by atoms with van der Waals surface area (Å²) in [5.74, 6) is 0.127. The van der Waals surface area contributed by atoms with Gasteiger partial charge in [0.25, 0.3) is 0 Å². The molecule has 0 spiro atoms. The van der Waals surface area contributed by atoms with Crippen LogP contribution < -0.4 is 4.90 Å². The molecule has 1 fully saturated rings. The van der Waals surface area contributed by atoms with Crippen LogP contribution in [0.4, 0.5) is 23.4 Å². The van der Waals surface area contributed by atoms with Crippen LogP contribution in [0.3, 0.4) is 0 Å². The van der Waals surface area contributed by atoms with Gasteiger partial charge in [0, 0.05) is 12.6 Å². The minimum atomic E-state index is -4.49. The Bertz CT molecular complexity index is 379. The summed E-state index contributed by atoms with van der Waals surface area (Å²) in [5.41, 5.74) is -1.00. The summed E-state index contributed by atoms with van der Waals surface area (Å²) < 4.78 is 49.9. The van der Waals surface area contributed by atoms with E-state index in [1.807, 2.05) is 0 Å². The Labute approximate surface area is 89.1 Å². The fourth-order valence-corrected chi connectivity index (χ4v) is 1.60. The van der Waals surface area contributed by atoms with Crippen LogP contribution in [0.15, 0.2) is 12.4 Å². The van der Waals surface area contributed by atoms with Crippen molar-refractivity contribution in [3.63, 3.8) is 0 Å². The van der Waals surface area contributed by atoms with Crippen LogP contribution in [-0.2, 0) is 6.18 Å². The molecular weight excluding hydrogens is 226 g/mol. The molecule has 1 aliphatic heterocycles. The van der Waals surface area contributed by atoms with E-state index in [2.05, 4.69) is 9.97 Å². The maximum Gasteiger partial charge on any atom is 0.433 e. The maximum absolute atomic E-state index is 12.9. The van der Waals surface area contributed by atoms with E-state index >= 15 is 0 Å². The Morgan fingerprint density at radius 2 is 2.06 bits per heavy atom.